The maximum atomic E-state index is 14.2. The Bertz CT molecular complexity index is 1340. The Kier molecular flexibility index (Phi) is 17.2. The highest BCUT2D eigenvalue weighted by atomic mass is 16.5. The summed E-state index contributed by atoms with van der Waals surface area (Å²) in [6.45, 7) is 5.96. The number of rotatable bonds is 14. The van der Waals surface area contributed by atoms with Crippen LogP contribution in [0.25, 0.3) is 0 Å². The van der Waals surface area contributed by atoms with Gasteiger partial charge in [-0.25, -0.2) is 4.79 Å². The van der Waals surface area contributed by atoms with Crippen LogP contribution in [-0.4, -0.2) is 115 Å². The van der Waals surface area contributed by atoms with Gasteiger partial charge in [-0.05, 0) is 103 Å². The molecule has 1 fully saturated rings. The lowest BCUT2D eigenvalue weighted by Crippen LogP contribution is -2.55. The molecule has 14 heteroatoms. The number of hydrogen-bond donors (Lipinski definition) is 5. The molecule has 0 radical (unpaired) electrons. The fourth-order valence-corrected chi connectivity index (χ4v) is 6.29. The molecule has 14 nitrogen and oxygen atoms in total. The molecule has 51 heavy (non-hydrogen) atoms. The molecule has 0 aliphatic carbocycles. The van der Waals surface area contributed by atoms with Crippen LogP contribution in [0.4, 0.5) is 0 Å². The van der Waals surface area contributed by atoms with Gasteiger partial charge in [0.15, 0.2) is 0 Å². The zero-order valence-corrected chi connectivity index (χ0v) is 30.7. The predicted octanol–water partition coefficient (Wildman–Crippen LogP) is 2.46. The fourth-order valence-electron chi connectivity index (χ4n) is 6.29. The van der Waals surface area contributed by atoms with E-state index in [4.69, 9.17) is 4.74 Å². The highest BCUT2D eigenvalue weighted by Crippen LogP contribution is 2.24. The van der Waals surface area contributed by atoms with Crippen LogP contribution in [-0.2, 0) is 24.0 Å². The average molecular weight is 715 g/mol. The number of nitrogens with zero attached hydrogens (tertiary/aromatic N) is 2. The third-order valence-corrected chi connectivity index (χ3v) is 9.29. The summed E-state index contributed by atoms with van der Waals surface area (Å²) in [6, 6.07) is 3.00. The lowest BCUT2D eigenvalue weighted by Gasteiger charge is -2.31. The zero-order valence-electron chi connectivity index (χ0n) is 30.7. The molecule has 3 rings (SSSR count). The van der Waals surface area contributed by atoms with Gasteiger partial charge in [0.25, 0.3) is 5.91 Å². The van der Waals surface area contributed by atoms with Crippen LogP contribution in [0.15, 0.2) is 24.3 Å². The number of ether oxygens (including phenoxy) is 1. The van der Waals surface area contributed by atoms with Crippen LogP contribution in [0.2, 0.25) is 0 Å². The molecule has 5 N–H and O–H groups in total. The fraction of sp³-hybridized carbons (Fsp3) is 0.676. The second-order valence-corrected chi connectivity index (χ2v) is 14.3. The summed E-state index contributed by atoms with van der Waals surface area (Å²) in [6.07, 6.45) is 5.46. The van der Waals surface area contributed by atoms with E-state index in [2.05, 4.69) is 35.1 Å². The number of carbonyl (C=O) groups is 6. The highest BCUT2D eigenvalue weighted by Gasteiger charge is 2.36. The standard InChI is InChI=1S/C37H58N6O8/c1-25(2)17-19-32(44)38-21-9-7-15-29-36(48)43-23-11-12-26(43)24-51-31-16-6-5-13-27(31)34(46)41-30(37(49)50)18-20-33(45)39-28(35(47)40-29)14-8-10-22-42(3)4/h5-6,13,16,25-26,28-30H,7-12,14-15,17-24H2,1-4H3,(H,38,44)(H,39,45)(H,40,47)(H,41,46)(H,49,50)/t26-,28-,29-,30-/m0/s1. The second kappa shape index (κ2) is 21.2. The van der Waals surface area contributed by atoms with Gasteiger partial charge in [-0.15, -0.1) is 0 Å². The molecule has 0 saturated carbocycles. The Hall–Kier alpha value is -4.20. The molecule has 1 aromatic carbocycles. The number of aliphatic carboxylic acids is 1. The minimum absolute atomic E-state index is 0.00854. The summed E-state index contributed by atoms with van der Waals surface area (Å²) in [5.41, 5.74) is 0.143. The SMILES string of the molecule is CC(C)CCC(=O)NCCCC[C@@H]1NC(=O)[C@H](CCCCN(C)C)NC(=O)CC[C@@H](C(=O)O)NC(=O)c2ccccc2OC[C@@H]2CCCN2C1=O. The molecule has 2 aliphatic rings. The van der Waals surface area contributed by atoms with Crippen molar-refractivity contribution in [2.75, 3.05) is 40.3 Å². The summed E-state index contributed by atoms with van der Waals surface area (Å²) in [7, 11) is 3.90. The second-order valence-electron chi connectivity index (χ2n) is 14.3. The maximum absolute atomic E-state index is 14.2. The number of fused-ring (bicyclic) bond motifs is 2. The number of hydrogen-bond acceptors (Lipinski definition) is 8. The number of carboxylic acid groups (broad SMARTS) is 1. The predicted molar refractivity (Wildman–Crippen MR) is 192 cm³/mol. The Labute approximate surface area is 301 Å². The third kappa shape index (κ3) is 14.2. The largest absolute Gasteiger partial charge is 0.491 e. The summed E-state index contributed by atoms with van der Waals surface area (Å²) < 4.78 is 6.10. The smallest absolute Gasteiger partial charge is 0.326 e. The average Bonchev–Trinajstić information content (AvgIpc) is 3.56. The first-order chi connectivity index (χ1) is 24.3. The van der Waals surface area contributed by atoms with Gasteiger partial charge in [-0.1, -0.05) is 26.0 Å². The van der Waals surface area contributed by atoms with Crippen LogP contribution in [0, 0.1) is 5.92 Å². The van der Waals surface area contributed by atoms with Crippen LogP contribution in [0.3, 0.4) is 0 Å². The molecular weight excluding hydrogens is 656 g/mol. The van der Waals surface area contributed by atoms with Gasteiger partial charge in [0.1, 0.15) is 30.5 Å². The molecule has 4 atom stereocenters. The zero-order chi connectivity index (χ0) is 37.3. The van der Waals surface area contributed by atoms with Crippen molar-refractivity contribution >= 4 is 35.5 Å². The maximum Gasteiger partial charge on any atom is 0.326 e. The van der Waals surface area contributed by atoms with Gasteiger partial charge in [0.2, 0.25) is 23.6 Å². The van der Waals surface area contributed by atoms with Crippen molar-refractivity contribution in [3.63, 3.8) is 0 Å². The Morgan fingerprint density at radius 1 is 0.980 bits per heavy atom. The van der Waals surface area contributed by atoms with Crippen molar-refractivity contribution < 1.29 is 38.6 Å². The molecule has 2 aliphatic heterocycles. The van der Waals surface area contributed by atoms with Crippen molar-refractivity contribution in [1.29, 1.82) is 0 Å². The van der Waals surface area contributed by atoms with Crippen LogP contribution in [0.5, 0.6) is 5.75 Å². The molecule has 1 aromatic rings. The molecule has 5 amide bonds. The van der Waals surface area contributed by atoms with Gasteiger partial charge in [0.05, 0.1) is 11.6 Å². The van der Waals surface area contributed by atoms with Crippen molar-refractivity contribution in [3.8, 4) is 5.75 Å². The lowest BCUT2D eigenvalue weighted by molar-refractivity contribution is -0.139. The van der Waals surface area contributed by atoms with Gasteiger partial charge in [0, 0.05) is 25.9 Å². The first-order valence-electron chi connectivity index (χ1n) is 18.4. The molecule has 1 saturated heterocycles. The number of benzene rings is 1. The van der Waals surface area contributed by atoms with E-state index in [9.17, 15) is 33.9 Å². The quantitative estimate of drug-likeness (QED) is 0.181. The first kappa shape index (κ1) is 41.2. The van der Waals surface area contributed by atoms with E-state index in [0.29, 0.717) is 64.0 Å². The number of amides is 5. The number of para-hydroxylation sites is 1. The van der Waals surface area contributed by atoms with E-state index in [0.717, 1.165) is 25.8 Å². The van der Waals surface area contributed by atoms with E-state index in [1.54, 1.807) is 23.1 Å². The van der Waals surface area contributed by atoms with Crippen molar-refractivity contribution in [3.05, 3.63) is 29.8 Å². The summed E-state index contributed by atoms with van der Waals surface area (Å²) in [4.78, 5) is 82.5. The van der Waals surface area contributed by atoms with Crippen LogP contribution >= 0.6 is 0 Å². The first-order valence-corrected chi connectivity index (χ1v) is 18.4. The van der Waals surface area contributed by atoms with Crippen molar-refractivity contribution in [2.45, 2.75) is 115 Å². The number of unbranched alkanes of at least 4 members (excludes halogenated alkanes) is 2. The Morgan fingerprint density at radius 3 is 2.43 bits per heavy atom. The van der Waals surface area contributed by atoms with E-state index >= 15 is 0 Å². The molecular formula is C37H58N6O8. The number of nitrogens with one attached hydrogen (secondary N) is 4. The topological polar surface area (TPSA) is 186 Å². The van der Waals surface area contributed by atoms with Gasteiger partial charge in [-0.3, -0.25) is 24.0 Å². The lowest BCUT2D eigenvalue weighted by atomic mass is 10.0. The van der Waals surface area contributed by atoms with Gasteiger partial charge >= 0.3 is 5.97 Å². The van der Waals surface area contributed by atoms with E-state index in [1.165, 1.54) is 6.07 Å². The Balaban J connectivity index is 1.85. The molecule has 0 spiro atoms. The highest BCUT2D eigenvalue weighted by molar-refractivity contribution is 5.99. The molecule has 0 aromatic heterocycles. The van der Waals surface area contributed by atoms with E-state index in [1.807, 2.05) is 19.0 Å². The van der Waals surface area contributed by atoms with Gasteiger partial charge < -0.3 is 40.9 Å². The summed E-state index contributed by atoms with van der Waals surface area (Å²) in [5, 5.41) is 21.0. The minimum atomic E-state index is -1.35. The molecule has 2 heterocycles. The minimum Gasteiger partial charge on any atom is -0.491 e. The molecule has 284 valence electrons. The van der Waals surface area contributed by atoms with Crippen molar-refractivity contribution in [2.24, 2.45) is 5.92 Å². The van der Waals surface area contributed by atoms with E-state index in [-0.39, 0.29) is 48.6 Å². The van der Waals surface area contributed by atoms with Crippen LogP contribution in [0.1, 0.15) is 101 Å². The third-order valence-electron chi connectivity index (χ3n) is 9.29. The van der Waals surface area contributed by atoms with Crippen molar-refractivity contribution in [1.82, 2.24) is 31.1 Å². The van der Waals surface area contributed by atoms with Gasteiger partial charge in [-0.2, -0.15) is 0 Å². The Morgan fingerprint density at radius 2 is 1.71 bits per heavy atom. The van der Waals surface area contributed by atoms with Crippen LogP contribution < -0.4 is 26.0 Å². The molecule has 0 unspecified atom stereocenters. The normalized spacial score (nSPS) is 22.2. The monoisotopic (exact) mass is 714 g/mol. The number of carboxylic acids is 1. The molecule has 0 bridgehead atoms. The summed E-state index contributed by atoms with van der Waals surface area (Å²) in [5.74, 6) is -2.55. The summed E-state index contributed by atoms with van der Waals surface area (Å²) >= 11 is 0. The number of carbonyl (C=O) groups excluding carboxylic acids is 5. The van der Waals surface area contributed by atoms with E-state index < -0.39 is 41.8 Å².